The largest absolute Gasteiger partial charge is 0.337 e. The molecule has 7 heteroatoms. The van der Waals surface area contributed by atoms with Gasteiger partial charge in [0.15, 0.2) is 5.17 Å². The molecule has 0 spiro atoms. The van der Waals surface area contributed by atoms with Crippen molar-refractivity contribution in [1.82, 2.24) is 4.90 Å². The van der Waals surface area contributed by atoms with Crippen molar-refractivity contribution >= 4 is 57.6 Å². The highest BCUT2D eigenvalue weighted by atomic mass is 35.5. The third-order valence-electron chi connectivity index (χ3n) is 5.16. The van der Waals surface area contributed by atoms with Crippen molar-refractivity contribution in [2.24, 2.45) is 4.99 Å². The second kappa shape index (κ2) is 8.69. The monoisotopic (exact) mass is 457 g/mol. The summed E-state index contributed by atoms with van der Waals surface area (Å²) in [6.07, 6.45) is 1.97. The zero-order valence-electron chi connectivity index (χ0n) is 17.5. The van der Waals surface area contributed by atoms with Crippen LogP contribution in [-0.2, 0) is 4.79 Å². The Labute approximate surface area is 191 Å². The molecule has 2 aromatic carbocycles. The molecule has 2 aliphatic heterocycles. The number of amidine groups is 1. The molecule has 0 bridgehead atoms. The number of rotatable bonds is 4. The lowest BCUT2D eigenvalue weighted by molar-refractivity contribution is -0.122. The summed E-state index contributed by atoms with van der Waals surface area (Å²) in [5, 5.41) is 2.39. The average Bonchev–Trinajstić information content (AvgIpc) is 3.19. The van der Waals surface area contributed by atoms with Crippen molar-refractivity contribution in [3.05, 3.63) is 62.5 Å². The standard InChI is InChI=1S/C23H24ClN3OS2/c1-5-6-11-27-21(28)20(22-26(4)18-13-16(24)8-10-19(18)29-22)30-23(27)25-17-9-7-14(2)12-15(17)3/h7-10,12-13H,5-6,11H2,1-4H3. The third-order valence-corrected chi connectivity index (χ3v) is 7.82. The number of benzene rings is 2. The van der Waals surface area contributed by atoms with E-state index in [4.69, 9.17) is 16.6 Å². The van der Waals surface area contributed by atoms with Gasteiger partial charge in [0.25, 0.3) is 5.91 Å². The molecule has 156 valence electrons. The van der Waals surface area contributed by atoms with Crippen LogP contribution in [0.4, 0.5) is 11.4 Å². The Hall–Kier alpha value is -1.89. The summed E-state index contributed by atoms with van der Waals surface area (Å²) < 4.78 is 0. The van der Waals surface area contributed by atoms with E-state index in [0.717, 1.165) is 49.8 Å². The molecule has 1 saturated heterocycles. The Bertz CT molecular complexity index is 1080. The fraction of sp³-hybridized carbons (Fsp3) is 0.304. The second-order valence-corrected chi connectivity index (χ2v) is 9.95. The topological polar surface area (TPSA) is 35.9 Å². The molecule has 30 heavy (non-hydrogen) atoms. The molecule has 2 heterocycles. The van der Waals surface area contributed by atoms with E-state index in [9.17, 15) is 4.79 Å². The Morgan fingerprint density at radius 1 is 1.10 bits per heavy atom. The molecule has 4 rings (SSSR count). The normalized spacial score (nSPS) is 19.9. The van der Waals surface area contributed by atoms with Crippen LogP contribution in [0.3, 0.4) is 0 Å². The fourth-order valence-corrected chi connectivity index (χ4v) is 5.99. The van der Waals surface area contributed by atoms with Crippen LogP contribution in [0.5, 0.6) is 0 Å². The van der Waals surface area contributed by atoms with E-state index in [0.29, 0.717) is 11.6 Å². The zero-order valence-corrected chi connectivity index (χ0v) is 19.9. The van der Waals surface area contributed by atoms with Gasteiger partial charge in [-0.15, -0.1) is 0 Å². The minimum atomic E-state index is 0.0326. The summed E-state index contributed by atoms with van der Waals surface area (Å²) in [5.41, 5.74) is 4.26. The maximum Gasteiger partial charge on any atom is 0.269 e. The van der Waals surface area contributed by atoms with Crippen molar-refractivity contribution in [1.29, 1.82) is 0 Å². The minimum Gasteiger partial charge on any atom is -0.337 e. The van der Waals surface area contributed by atoms with Gasteiger partial charge in [-0.25, -0.2) is 4.99 Å². The highest BCUT2D eigenvalue weighted by Gasteiger charge is 2.39. The molecule has 1 amide bonds. The van der Waals surface area contributed by atoms with Crippen LogP contribution in [0.25, 0.3) is 0 Å². The number of fused-ring (bicyclic) bond motifs is 1. The molecule has 0 unspecified atom stereocenters. The Morgan fingerprint density at radius 3 is 2.63 bits per heavy atom. The molecule has 4 nitrogen and oxygen atoms in total. The lowest BCUT2D eigenvalue weighted by Gasteiger charge is -2.16. The summed E-state index contributed by atoms with van der Waals surface area (Å²) >= 11 is 9.28. The molecule has 0 aromatic heterocycles. The number of carbonyl (C=O) groups excluding carboxylic acids is 1. The smallest absolute Gasteiger partial charge is 0.269 e. The number of carbonyl (C=O) groups is 1. The van der Waals surface area contributed by atoms with Gasteiger partial charge in [-0.2, -0.15) is 0 Å². The molecule has 0 aliphatic carbocycles. The number of aliphatic imine (C=N–C) groups is 1. The third kappa shape index (κ3) is 4.01. The van der Waals surface area contributed by atoms with Gasteiger partial charge in [-0.05, 0) is 61.9 Å². The van der Waals surface area contributed by atoms with E-state index < -0.39 is 0 Å². The first kappa shape index (κ1) is 21.3. The summed E-state index contributed by atoms with van der Waals surface area (Å²) in [5.74, 6) is 0.0326. The number of hydrogen-bond donors (Lipinski definition) is 0. The summed E-state index contributed by atoms with van der Waals surface area (Å²) in [4.78, 5) is 24.0. The van der Waals surface area contributed by atoms with Crippen LogP contribution in [-0.4, -0.2) is 29.6 Å². The van der Waals surface area contributed by atoms with Gasteiger partial charge >= 0.3 is 0 Å². The molecular weight excluding hydrogens is 434 g/mol. The van der Waals surface area contributed by atoms with Crippen molar-refractivity contribution < 1.29 is 4.79 Å². The van der Waals surface area contributed by atoms with Gasteiger partial charge in [0, 0.05) is 23.5 Å². The van der Waals surface area contributed by atoms with Gasteiger partial charge in [-0.1, -0.05) is 54.4 Å². The first-order valence-corrected chi connectivity index (χ1v) is 12.0. The van der Waals surface area contributed by atoms with E-state index in [1.165, 1.54) is 17.3 Å². The lowest BCUT2D eigenvalue weighted by Crippen LogP contribution is -2.30. The summed E-state index contributed by atoms with van der Waals surface area (Å²) in [6, 6.07) is 12.1. The predicted molar refractivity (Wildman–Crippen MR) is 130 cm³/mol. The van der Waals surface area contributed by atoms with Crippen molar-refractivity contribution in [3.8, 4) is 0 Å². The van der Waals surface area contributed by atoms with Crippen molar-refractivity contribution in [2.45, 2.75) is 38.5 Å². The van der Waals surface area contributed by atoms with Crippen LogP contribution in [0, 0.1) is 13.8 Å². The molecule has 2 aromatic rings. The van der Waals surface area contributed by atoms with Gasteiger partial charge in [0.2, 0.25) is 0 Å². The van der Waals surface area contributed by atoms with E-state index in [-0.39, 0.29) is 5.91 Å². The molecule has 0 radical (unpaired) electrons. The van der Waals surface area contributed by atoms with Gasteiger partial charge in [0.05, 0.1) is 16.4 Å². The number of hydrogen-bond acceptors (Lipinski definition) is 5. The molecule has 0 N–H and O–H groups in total. The number of unbranched alkanes of at least 4 members (excludes halogenated alkanes) is 1. The van der Waals surface area contributed by atoms with E-state index >= 15 is 0 Å². The van der Waals surface area contributed by atoms with Gasteiger partial charge in [0.1, 0.15) is 4.91 Å². The van der Waals surface area contributed by atoms with E-state index in [1.54, 1.807) is 11.8 Å². The lowest BCUT2D eigenvalue weighted by atomic mass is 10.1. The van der Waals surface area contributed by atoms with Crippen LogP contribution in [0.2, 0.25) is 5.02 Å². The van der Waals surface area contributed by atoms with Gasteiger partial charge in [-0.3, -0.25) is 9.69 Å². The number of halogens is 1. The van der Waals surface area contributed by atoms with Gasteiger partial charge < -0.3 is 4.90 Å². The highest BCUT2D eigenvalue weighted by molar-refractivity contribution is 8.19. The Balaban J connectivity index is 1.74. The zero-order chi connectivity index (χ0) is 21.4. The SMILES string of the molecule is CCCCN1C(=O)C(=C2Sc3ccc(Cl)cc3N2C)SC1=Nc1ccc(C)cc1C. The first-order chi connectivity index (χ1) is 14.4. The minimum absolute atomic E-state index is 0.0326. The molecular formula is C23H24ClN3OS2. The van der Waals surface area contributed by atoms with Crippen LogP contribution >= 0.6 is 35.1 Å². The number of aryl methyl sites for hydroxylation is 2. The quantitative estimate of drug-likeness (QED) is 0.477. The van der Waals surface area contributed by atoms with Crippen LogP contribution in [0.1, 0.15) is 30.9 Å². The molecule has 1 fully saturated rings. The number of anilines is 1. The van der Waals surface area contributed by atoms with Crippen molar-refractivity contribution in [2.75, 3.05) is 18.5 Å². The molecule has 2 aliphatic rings. The Kier molecular flexibility index (Phi) is 6.19. The first-order valence-electron chi connectivity index (χ1n) is 10.00. The molecule has 0 saturated carbocycles. The van der Waals surface area contributed by atoms with E-state index in [2.05, 4.69) is 37.8 Å². The number of amides is 1. The maximum absolute atomic E-state index is 13.4. The van der Waals surface area contributed by atoms with E-state index in [1.807, 2.05) is 36.2 Å². The predicted octanol–water partition coefficient (Wildman–Crippen LogP) is 6.73. The summed E-state index contributed by atoms with van der Waals surface area (Å²) in [6.45, 7) is 6.94. The highest BCUT2D eigenvalue weighted by Crippen LogP contribution is 2.50. The number of nitrogens with zero attached hydrogens (tertiary/aromatic N) is 3. The Morgan fingerprint density at radius 2 is 1.90 bits per heavy atom. The van der Waals surface area contributed by atoms with Crippen LogP contribution < -0.4 is 4.90 Å². The average molecular weight is 458 g/mol. The summed E-state index contributed by atoms with van der Waals surface area (Å²) in [7, 11) is 1.99. The fourth-order valence-electron chi connectivity index (χ4n) is 3.48. The molecule has 0 atom stereocenters. The number of thioether (sulfide) groups is 2. The second-order valence-electron chi connectivity index (χ2n) is 7.50. The van der Waals surface area contributed by atoms with Crippen molar-refractivity contribution in [3.63, 3.8) is 0 Å². The maximum atomic E-state index is 13.4. The van der Waals surface area contributed by atoms with Crippen LogP contribution in [0.15, 0.2) is 56.2 Å².